The van der Waals surface area contributed by atoms with Gasteiger partial charge in [-0.1, -0.05) is 32.9 Å². The average Bonchev–Trinajstić information content (AvgIpc) is 2.42. The minimum atomic E-state index is 0.200. The maximum atomic E-state index is 5.87. The number of ether oxygens (including phenoxy) is 2. The SMILES string of the molecule is C[C@H]1C[NH+](CCCOc2ccc(C(C)(C)C)cc2)C[C@H](C)O1. The van der Waals surface area contributed by atoms with Crippen LogP contribution in [-0.2, 0) is 10.2 Å². The lowest BCUT2D eigenvalue weighted by Gasteiger charge is -2.32. The summed E-state index contributed by atoms with van der Waals surface area (Å²) in [6, 6.07) is 8.52. The second-order valence-corrected chi connectivity index (χ2v) is 7.64. The highest BCUT2D eigenvalue weighted by Gasteiger charge is 2.24. The van der Waals surface area contributed by atoms with Crippen LogP contribution in [0.25, 0.3) is 0 Å². The quantitative estimate of drug-likeness (QED) is 0.845. The molecule has 0 amide bonds. The highest BCUT2D eigenvalue weighted by atomic mass is 16.5. The Labute approximate surface area is 135 Å². The molecule has 0 aliphatic carbocycles. The molecule has 0 aromatic heterocycles. The molecule has 1 aliphatic rings. The molecule has 1 aromatic carbocycles. The molecule has 22 heavy (non-hydrogen) atoms. The number of hydrogen-bond acceptors (Lipinski definition) is 2. The molecule has 1 fully saturated rings. The monoisotopic (exact) mass is 306 g/mol. The van der Waals surface area contributed by atoms with Crippen molar-refractivity contribution in [2.24, 2.45) is 0 Å². The fraction of sp³-hybridized carbons (Fsp3) is 0.684. The Morgan fingerprint density at radius 2 is 1.68 bits per heavy atom. The van der Waals surface area contributed by atoms with Crippen molar-refractivity contribution in [3.63, 3.8) is 0 Å². The van der Waals surface area contributed by atoms with E-state index in [4.69, 9.17) is 9.47 Å². The van der Waals surface area contributed by atoms with Crippen LogP contribution in [0.15, 0.2) is 24.3 Å². The Kier molecular flexibility index (Phi) is 5.87. The lowest BCUT2D eigenvalue weighted by Crippen LogP contribution is -3.15. The zero-order chi connectivity index (χ0) is 16.2. The van der Waals surface area contributed by atoms with Crippen LogP contribution in [0.4, 0.5) is 0 Å². The molecular formula is C19H32NO2+. The molecule has 1 aliphatic heterocycles. The van der Waals surface area contributed by atoms with E-state index in [9.17, 15) is 0 Å². The van der Waals surface area contributed by atoms with E-state index in [1.54, 1.807) is 4.90 Å². The van der Waals surface area contributed by atoms with Gasteiger partial charge in [0.15, 0.2) is 0 Å². The fourth-order valence-corrected chi connectivity index (χ4v) is 3.16. The molecule has 124 valence electrons. The summed E-state index contributed by atoms with van der Waals surface area (Å²) in [5, 5.41) is 0. The van der Waals surface area contributed by atoms with Crippen LogP contribution in [0.5, 0.6) is 5.75 Å². The van der Waals surface area contributed by atoms with Gasteiger partial charge in [-0.2, -0.15) is 0 Å². The topological polar surface area (TPSA) is 22.9 Å². The summed E-state index contributed by atoms with van der Waals surface area (Å²) in [7, 11) is 0. The predicted molar refractivity (Wildman–Crippen MR) is 90.8 cm³/mol. The predicted octanol–water partition coefficient (Wildman–Crippen LogP) is 2.45. The van der Waals surface area contributed by atoms with Crippen molar-refractivity contribution in [3.05, 3.63) is 29.8 Å². The number of morpholine rings is 1. The molecule has 0 unspecified atom stereocenters. The van der Waals surface area contributed by atoms with Crippen LogP contribution < -0.4 is 9.64 Å². The van der Waals surface area contributed by atoms with Crippen molar-refractivity contribution < 1.29 is 14.4 Å². The Hall–Kier alpha value is -1.06. The Morgan fingerprint density at radius 3 is 2.23 bits per heavy atom. The van der Waals surface area contributed by atoms with Crippen LogP contribution in [0.2, 0.25) is 0 Å². The van der Waals surface area contributed by atoms with E-state index >= 15 is 0 Å². The van der Waals surface area contributed by atoms with Crippen LogP contribution >= 0.6 is 0 Å². The van der Waals surface area contributed by atoms with Gasteiger partial charge in [0.05, 0.1) is 13.2 Å². The summed E-state index contributed by atoms with van der Waals surface area (Å²) in [5.74, 6) is 0.978. The first kappa shape index (κ1) is 17.3. The molecule has 1 heterocycles. The number of rotatable bonds is 5. The van der Waals surface area contributed by atoms with Crippen molar-refractivity contribution in [2.45, 2.75) is 58.7 Å². The van der Waals surface area contributed by atoms with E-state index < -0.39 is 0 Å². The molecular weight excluding hydrogens is 274 g/mol. The third-order valence-corrected chi connectivity index (χ3v) is 4.28. The Bertz CT molecular complexity index is 439. The molecule has 1 saturated heterocycles. The van der Waals surface area contributed by atoms with Crippen LogP contribution in [-0.4, -0.2) is 38.4 Å². The van der Waals surface area contributed by atoms with Gasteiger partial charge >= 0.3 is 0 Å². The molecule has 0 saturated carbocycles. The third kappa shape index (κ3) is 5.29. The first-order valence-electron chi connectivity index (χ1n) is 8.57. The van der Waals surface area contributed by atoms with E-state index in [1.165, 1.54) is 5.56 Å². The molecule has 3 heteroatoms. The summed E-state index contributed by atoms with van der Waals surface area (Å²) in [6.45, 7) is 15.2. The number of benzene rings is 1. The number of nitrogens with one attached hydrogen (secondary N) is 1. The summed E-state index contributed by atoms with van der Waals surface area (Å²) >= 11 is 0. The Morgan fingerprint density at radius 1 is 1.09 bits per heavy atom. The van der Waals surface area contributed by atoms with Gasteiger partial charge in [0.1, 0.15) is 31.0 Å². The largest absolute Gasteiger partial charge is 0.493 e. The van der Waals surface area contributed by atoms with Gasteiger partial charge in [-0.3, -0.25) is 0 Å². The van der Waals surface area contributed by atoms with Gasteiger partial charge in [0.25, 0.3) is 0 Å². The minimum absolute atomic E-state index is 0.200. The van der Waals surface area contributed by atoms with Crippen LogP contribution in [0, 0.1) is 0 Å². The normalized spacial score (nSPS) is 26.0. The lowest BCUT2D eigenvalue weighted by atomic mass is 9.87. The lowest BCUT2D eigenvalue weighted by molar-refractivity contribution is -0.915. The number of hydrogen-bond donors (Lipinski definition) is 1. The zero-order valence-corrected chi connectivity index (χ0v) is 14.8. The minimum Gasteiger partial charge on any atom is -0.493 e. The molecule has 3 nitrogen and oxygen atoms in total. The van der Waals surface area contributed by atoms with Crippen molar-refractivity contribution in [1.82, 2.24) is 0 Å². The molecule has 2 atom stereocenters. The maximum Gasteiger partial charge on any atom is 0.119 e. The highest BCUT2D eigenvalue weighted by molar-refractivity contribution is 5.31. The van der Waals surface area contributed by atoms with Gasteiger partial charge in [0, 0.05) is 6.42 Å². The third-order valence-electron chi connectivity index (χ3n) is 4.28. The summed E-state index contributed by atoms with van der Waals surface area (Å²) < 4.78 is 11.7. The van der Waals surface area contributed by atoms with Gasteiger partial charge in [-0.05, 0) is 37.0 Å². The van der Waals surface area contributed by atoms with E-state index in [2.05, 4.69) is 58.9 Å². The molecule has 2 rings (SSSR count). The Balaban J connectivity index is 1.70. The number of quaternary nitrogens is 1. The molecule has 0 radical (unpaired) electrons. The smallest absolute Gasteiger partial charge is 0.119 e. The summed E-state index contributed by atoms with van der Waals surface area (Å²) in [6.07, 6.45) is 1.85. The maximum absolute atomic E-state index is 5.87. The van der Waals surface area contributed by atoms with Gasteiger partial charge < -0.3 is 14.4 Å². The summed E-state index contributed by atoms with van der Waals surface area (Å²) in [5.41, 5.74) is 1.55. The summed E-state index contributed by atoms with van der Waals surface area (Å²) in [4.78, 5) is 1.64. The van der Waals surface area contributed by atoms with Crippen molar-refractivity contribution >= 4 is 0 Å². The van der Waals surface area contributed by atoms with Crippen molar-refractivity contribution in [2.75, 3.05) is 26.2 Å². The van der Waals surface area contributed by atoms with Crippen molar-refractivity contribution in [3.8, 4) is 5.75 Å². The standard InChI is InChI=1S/C19H31NO2/c1-15-13-20(14-16(2)22-15)11-6-12-21-18-9-7-17(8-10-18)19(3,4)5/h7-10,15-16H,6,11-14H2,1-5H3/p+1/t15-,16-/m0/s1. The first-order valence-corrected chi connectivity index (χ1v) is 8.57. The van der Waals surface area contributed by atoms with E-state index in [0.29, 0.717) is 12.2 Å². The van der Waals surface area contributed by atoms with E-state index in [0.717, 1.165) is 38.4 Å². The van der Waals surface area contributed by atoms with Crippen LogP contribution in [0.1, 0.15) is 46.6 Å². The van der Waals surface area contributed by atoms with Gasteiger partial charge in [-0.15, -0.1) is 0 Å². The van der Waals surface area contributed by atoms with Crippen molar-refractivity contribution in [1.29, 1.82) is 0 Å². The highest BCUT2D eigenvalue weighted by Crippen LogP contribution is 2.24. The fourth-order valence-electron chi connectivity index (χ4n) is 3.16. The first-order chi connectivity index (χ1) is 10.3. The van der Waals surface area contributed by atoms with E-state index in [1.807, 2.05) is 0 Å². The molecule has 1 N–H and O–H groups in total. The zero-order valence-electron chi connectivity index (χ0n) is 14.8. The van der Waals surface area contributed by atoms with Gasteiger partial charge in [0.2, 0.25) is 0 Å². The second-order valence-electron chi connectivity index (χ2n) is 7.64. The second kappa shape index (κ2) is 7.47. The average molecular weight is 306 g/mol. The molecule has 0 bridgehead atoms. The van der Waals surface area contributed by atoms with E-state index in [-0.39, 0.29) is 5.41 Å². The van der Waals surface area contributed by atoms with Gasteiger partial charge in [-0.25, -0.2) is 0 Å². The van der Waals surface area contributed by atoms with Crippen LogP contribution in [0.3, 0.4) is 0 Å². The molecule has 0 spiro atoms. The molecule has 1 aromatic rings.